The summed E-state index contributed by atoms with van der Waals surface area (Å²) in [6.45, 7) is -2.02. The van der Waals surface area contributed by atoms with E-state index in [0.29, 0.717) is 25.3 Å². The molecule has 1 aromatic rings. The van der Waals surface area contributed by atoms with Crippen molar-refractivity contribution >= 4 is 11.4 Å². The summed E-state index contributed by atoms with van der Waals surface area (Å²) < 4.78 is 46.6. The number of benzene rings is 1. The Morgan fingerprint density at radius 2 is 2.05 bits per heavy atom. The number of aliphatic hydroxyl groups excluding tert-OH is 1. The lowest BCUT2D eigenvalue weighted by molar-refractivity contribution is -0.0521. The molecule has 0 bridgehead atoms. The number of aliphatic hydroxyl groups is 1. The minimum atomic E-state index is -3.10. The third-order valence-corrected chi connectivity index (χ3v) is 2.34. The summed E-state index contributed by atoms with van der Waals surface area (Å²) in [6, 6.07) is 2.01. The molecule has 1 aromatic carbocycles. The van der Waals surface area contributed by atoms with E-state index >= 15 is 0 Å². The largest absolute Gasteiger partial charge is 0.432 e. The zero-order valence-electron chi connectivity index (χ0n) is 10.7. The fourth-order valence-electron chi connectivity index (χ4n) is 1.47. The van der Waals surface area contributed by atoms with E-state index in [1.807, 2.05) is 0 Å². The van der Waals surface area contributed by atoms with Crippen molar-refractivity contribution in [3.05, 3.63) is 17.9 Å². The second kappa shape index (κ2) is 8.49. The Morgan fingerprint density at radius 3 is 2.70 bits per heavy atom. The standard InChI is InChI=1S/C12H17F3N2O3/c13-8-6-9(16)10(7-11(8)20-12(14)15)17-2-1-4-19-5-3-18/h6-7,12,17-18H,1-5,16H2. The van der Waals surface area contributed by atoms with Crippen LogP contribution in [0, 0.1) is 5.82 Å². The first-order valence-corrected chi connectivity index (χ1v) is 6.01. The van der Waals surface area contributed by atoms with Gasteiger partial charge in [0, 0.05) is 25.3 Å². The molecule has 0 aliphatic carbocycles. The molecule has 0 saturated carbocycles. The molecular formula is C12H17F3N2O3. The predicted molar refractivity (Wildman–Crippen MR) is 68.5 cm³/mol. The number of hydrogen-bond acceptors (Lipinski definition) is 5. The van der Waals surface area contributed by atoms with Crippen LogP contribution < -0.4 is 15.8 Å². The summed E-state index contributed by atoms with van der Waals surface area (Å²) in [5, 5.41) is 11.4. The van der Waals surface area contributed by atoms with Crippen molar-refractivity contribution in [2.45, 2.75) is 13.0 Å². The fraction of sp³-hybridized carbons (Fsp3) is 0.500. The maximum absolute atomic E-state index is 13.3. The van der Waals surface area contributed by atoms with Crippen LogP contribution in [0.3, 0.4) is 0 Å². The Kier molecular flexibility index (Phi) is 6.96. The molecular weight excluding hydrogens is 277 g/mol. The molecule has 0 spiro atoms. The molecule has 0 unspecified atom stereocenters. The highest BCUT2D eigenvalue weighted by molar-refractivity contribution is 5.68. The van der Waals surface area contributed by atoms with E-state index in [1.165, 1.54) is 0 Å². The SMILES string of the molecule is Nc1cc(F)c(OC(F)F)cc1NCCCOCCO. The van der Waals surface area contributed by atoms with Crippen LogP contribution in [0.25, 0.3) is 0 Å². The van der Waals surface area contributed by atoms with Crippen LogP contribution in [0.1, 0.15) is 6.42 Å². The monoisotopic (exact) mass is 294 g/mol. The van der Waals surface area contributed by atoms with Crippen LogP contribution in [0.4, 0.5) is 24.5 Å². The van der Waals surface area contributed by atoms with Crippen LogP contribution in [0.15, 0.2) is 12.1 Å². The topological polar surface area (TPSA) is 76.7 Å². The summed E-state index contributed by atoms with van der Waals surface area (Å²) in [7, 11) is 0. The van der Waals surface area contributed by atoms with E-state index in [4.69, 9.17) is 15.6 Å². The van der Waals surface area contributed by atoms with Crippen LogP contribution in [-0.2, 0) is 4.74 Å². The van der Waals surface area contributed by atoms with E-state index < -0.39 is 18.2 Å². The van der Waals surface area contributed by atoms with Gasteiger partial charge in [0.1, 0.15) is 0 Å². The van der Waals surface area contributed by atoms with Crippen molar-refractivity contribution < 1.29 is 27.8 Å². The molecule has 114 valence electrons. The van der Waals surface area contributed by atoms with Crippen molar-refractivity contribution in [1.82, 2.24) is 0 Å². The van der Waals surface area contributed by atoms with Gasteiger partial charge in [0.15, 0.2) is 11.6 Å². The first-order valence-electron chi connectivity index (χ1n) is 6.01. The number of alkyl halides is 2. The molecule has 20 heavy (non-hydrogen) atoms. The number of rotatable bonds is 9. The summed E-state index contributed by atoms with van der Waals surface area (Å²) in [6.07, 6.45) is 0.613. The molecule has 0 fully saturated rings. The van der Waals surface area contributed by atoms with Crippen LogP contribution in [-0.4, -0.2) is 38.1 Å². The van der Waals surface area contributed by atoms with Gasteiger partial charge in [0.25, 0.3) is 0 Å². The van der Waals surface area contributed by atoms with Gasteiger partial charge in [0.2, 0.25) is 0 Å². The minimum Gasteiger partial charge on any atom is -0.432 e. The molecule has 1 rings (SSSR count). The number of ether oxygens (including phenoxy) is 2. The molecule has 0 heterocycles. The van der Waals surface area contributed by atoms with Crippen molar-refractivity contribution in [2.24, 2.45) is 0 Å². The van der Waals surface area contributed by atoms with Gasteiger partial charge in [-0.15, -0.1) is 0 Å². The number of nitrogens with one attached hydrogen (secondary N) is 1. The predicted octanol–water partition coefficient (Wildman–Crippen LogP) is 1.82. The van der Waals surface area contributed by atoms with E-state index in [0.717, 1.165) is 12.1 Å². The smallest absolute Gasteiger partial charge is 0.387 e. The van der Waals surface area contributed by atoms with Crippen LogP contribution in [0.2, 0.25) is 0 Å². The molecule has 0 aliphatic heterocycles. The highest BCUT2D eigenvalue weighted by atomic mass is 19.3. The molecule has 0 amide bonds. The molecule has 0 atom stereocenters. The second-order valence-corrected chi connectivity index (χ2v) is 3.86. The Morgan fingerprint density at radius 1 is 1.30 bits per heavy atom. The van der Waals surface area contributed by atoms with Crippen molar-refractivity contribution in [3.8, 4) is 5.75 Å². The Labute approximate surface area is 114 Å². The van der Waals surface area contributed by atoms with Crippen molar-refractivity contribution in [2.75, 3.05) is 37.4 Å². The summed E-state index contributed by atoms with van der Waals surface area (Å²) >= 11 is 0. The summed E-state index contributed by atoms with van der Waals surface area (Å²) in [5.41, 5.74) is 5.98. The highest BCUT2D eigenvalue weighted by Crippen LogP contribution is 2.29. The third-order valence-electron chi connectivity index (χ3n) is 2.34. The first kappa shape index (κ1) is 16.4. The Hall–Kier alpha value is -1.67. The lowest BCUT2D eigenvalue weighted by atomic mass is 10.2. The van der Waals surface area contributed by atoms with E-state index in [1.54, 1.807) is 0 Å². The third kappa shape index (κ3) is 5.54. The molecule has 8 heteroatoms. The number of nitrogen functional groups attached to an aromatic ring is 1. The van der Waals surface area contributed by atoms with E-state index in [9.17, 15) is 13.2 Å². The normalized spacial score (nSPS) is 10.8. The molecule has 0 aromatic heterocycles. The maximum atomic E-state index is 13.3. The molecule has 0 aliphatic rings. The number of halogens is 3. The van der Waals surface area contributed by atoms with Gasteiger partial charge in [-0.3, -0.25) is 0 Å². The Bertz CT molecular complexity index is 419. The van der Waals surface area contributed by atoms with Crippen LogP contribution >= 0.6 is 0 Å². The average molecular weight is 294 g/mol. The zero-order valence-corrected chi connectivity index (χ0v) is 10.7. The average Bonchev–Trinajstić information content (AvgIpc) is 2.38. The van der Waals surface area contributed by atoms with Crippen molar-refractivity contribution in [3.63, 3.8) is 0 Å². The molecule has 4 N–H and O–H groups in total. The first-order chi connectivity index (χ1) is 9.54. The number of hydrogen-bond donors (Lipinski definition) is 3. The summed E-state index contributed by atoms with van der Waals surface area (Å²) in [5.74, 6) is -1.51. The molecule has 0 saturated heterocycles. The maximum Gasteiger partial charge on any atom is 0.387 e. The van der Waals surface area contributed by atoms with Crippen molar-refractivity contribution in [1.29, 1.82) is 0 Å². The minimum absolute atomic E-state index is 0.0489. The number of nitrogens with two attached hydrogens (primary N) is 1. The van der Waals surface area contributed by atoms with E-state index in [-0.39, 0.29) is 18.9 Å². The summed E-state index contributed by atoms with van der Waals surface area (Å²) in [4.78, 5) is 0. The lowest BCUT2D eigenvalue weighted by Crippen LogP contribution is -2.10. The van der Waals surface area contributed by atoms with Crippen LogP contribution in [0.5, 0.6) is 5.75 Å². The van der Waals surface area contributed by atoms with Gasteiger partial charge in [-0.05, 0) is 6.42 Å². The highest BCUT2D eigenvalue weighted by Gasteiger charge is 2.13. The van der Waals surface area contributed by atoms with Gasteiger partial charge in [-0.2, -0.15) is 8.78 Å². The van der Waals surface area contributed by atoms with Gasteiger partial charge in [-0.1, -0.05) is 0 Å². The Balaban J connectivity index is 2.52. The number of anilines is 2. The quantitative estimate of drug-likeness (QED) is 0.478. The zero-order chi connectivity index (χ0) is 15.0. The molecule has 5 nitrogen and oxygen atoms in total. The lowest BCUT2D eigenvalue weighted by Gasteiger charge is -2.12. The van der Waals surface area contributed by atoms with Gasteiger partial charge in [-0.25, -0.2) is 4.39 Å². The van der Waals surface area contributed by atoms with Gasteiger partial charge in [0.05, 0.1) is 24.6 Å². The van der Waals surface area contributed by atoms with E-state index in [2.05, 4.69) is 10.1 Å². The van der Waals surface area contributed by atoms with Gasteiger partial charge >= 0.3 is 6.61 Å². The van der Waals surface area contributed by atoms with Gasteiger partial charge < -0.3 is 25.6 Å². The second-order valence-electron chi connectivity index (χ2n) is 3.86. The molecule has 0 radical (unpaired) electrons. The fourth-order valence-corrected chi connectivity index (χ4v) is 1.47.